The van der Waals surface area contributed by atoms with Gasteiger partial charge in [0.15, 0.2) is 0 Å². The van der Waals surface area contributed by atoms with E-state index in [-0.39, 0.29) is 7.40 Å². The molecule has 0 aromatic rings. The van der Waals surface area contributed by atoms with Crippen molar-refractivity contribution in [1.29, 1.82) is 0 Å². The third-order valence-electron chi connectivity index (χ3n) is 2.61. The summed E-state index contributed by atoms with van der Waals surface area (Å²) < 4.78 is 10.1. The molecular formula is C12H23NO4. The van der Waals surface area contributed by atoms with Crippen molar-refractivity contribution in [3.63, 3.8) is 0 Å². The van der Waals surface area contributed by atoms with E-state index < -0.39 is 17.2 Å². The Morgan fingerprint density at radius 2 is 1.94 bits per heavy atom. The van der Waals surface area contributed by atoms with Gasteiger partial charge >= 0.3 is 12.1 Å². The third kappa shape index (κ3) is 3.61. The zero-order chi connectivity index (χ0) is 13.1. The number of esters is 1. The molecule has 0 spiro atoms. The number of rotatable bonds is 3. The van der Waals surface area contributed by atoms with Gasteiger partial charge in [-0.1, -0.05) is 0 Å². The predicted molar refractivity (Wildman–Crippen MR) is 64.7 cm³/mol. The maximum atomic E-state index is 11.8. The summed E-state index contributed by atoms with van der Waals surface area (Å²) >= 11 is 0. The minimum atomic E-state index is -0.863. The first kappa shape index (κ1) is 13.8. The molecule has 1 fully saturated rings. The summed E-state index contributed by atoms with van der Waals surface area (Å²) in [5, 5.41) is 2.64. The van der Waals surface area contributed by atoms with Crippen LogP contribution in [-0.4, -0.2) is 29.8 Å². The van der Waals surface area contributed by atoms with Crippen LogP contribution in [0.25, 0.3) is 0 Å². The lowest BCUT2D eigenvalue weighted by Crippen LogP contribution is -2.60. The highest BCUT2D eigenvalue weighted by atomic mass is 16.6. The number of carbonyl (C=O) groups is 2. The molecule has 1 saturated carbocycles. The summed E-state index contributed by atoms with van der Waals surface area (Å²) in [5.74, 6) is -0.364. The Bertz CT molecular complexity index is 308. The Labute approximate surface area is 103 Å². The van der Waals surface area contributed by atoms with E-state index in [2.05, 4.69) is 5.32 Å². The van der Waals surface area contributed by atoms with E-state index in [9.17, 15) is 9.59 Å². The van der Waals surface area contributed by atoms with Crippen LogP contribution in [-0.2, 0) is 14.3 Å². The fourth-order valence-corrected chi connectivity index (χ4v) is 1.68. The fourth-order valence-electron chi connectivity index (χ4n) is 1.68. The Morgan fingerprint density at radius 3 is 2.29 bits per heavy atom. The fraction of sp³-hybridized carbons (Fsp3) is 0.833. The van der Waals surface area contributed by atoms with E-state index in [1.165, 1.54) is 0 Å². The number of amides is 1. The van der Waals surface area contributed by atoms with Gasteiger partial charge in [0.25, 0.3) is 0 Å². The Balaban J connectivity index is 0.00000289. The van der Waals surface area contributed by atoms with Crippen LogP contribution in [0.5, 0.6) is 0 Å². The maximum Gasteiger partial charge on any atom is 0.408 e. The predicted octanol–water partition coefficient (Wildman–Crippen LogP) is 2.24. The van der Waals surface area contributed by atoms with Crippen LogP contribution in [0.15, 0.2) is 0 Å². The van der Waals surface area contributed by atoms with Crippen molar-refractivity contribution in [2.45, 2.75) is 58.1 Å². The summed E-state index contributed by atoms with van der Waals surface area (Å²) in [7, 11) is 0. The molecule has 0 unspecified atom stereocenters. The lowest BCUT2D eigenvalue weighted by molar-refractivity contribution is -0.155. The van der Waals surface area contributed by atoms with Crippen LogP contribution in [0.4, 0.5) is 4.79 Å². The summed E-state index contributed by atoms with van der Waals surface area (Å²) in [6, 6.07) is 0. The molecule has 0 radical (unpaired) electrons. The standard InChI is InChI=1S/C12H21NO4.H2/c1-5-16-9(14)12(7-6-8-12)13-10(15)17-11(2,3)4;/h5-8H2,1-4H3,(H,13,15);1H. The number of ether oxygens (including phenoxy) is 2. The van der Waals surface area contributed by atoms with Gasteiger partial charge in [0.1, 0.15) is 11.1 Å². The quantitative estimate of drug-likeness (QED) is 0.774. The molecule has 1 N–H and O–H groups in total. The maximum absolute atomic E-state index is 11.8. The molecule has 5 heteroatoms. The molecule has 0 atom stereocenters. The molecule has 5 nitrogen and oxygen atoms in total. The summed E-state index contributed by atoms with van der Waals surface area (Å²) in [6.07, 6.45) is 1.58. The van der Waals surface area contributed by atoms with Gasteiger partial charge in [-0.2, -0.15) is 0 Å². The second kappa shape index (κ2) is 4.94. The van der Waals surface area contributed by atoms with E-state index >= 15 is 0 Å². The monoisotopic (exact) mass is 245 g/mol. The third-order valence-corrected chi connectivity index (χ3v) is 2.61. The summed E-state index contributed by atoms with van der Waals surface area (Å²) in [6.45, 7) is 7.41. The highest BCUT2D eigenvalue weighted by molar-refractivity contribution is 5.86. The molecule has 0 saturated heterocycles. The van der Waals surface area contributed by atoms with Gasteiger partial charge in [-0.05, 0) is 47.0 Å². The molecule has 1 aliphatic rings. The smallest absolute Gasteiger partial charge is 0.408 e. The number of nitrogens with one attached hydrogen (secondary N) is 1. The average Bonchev–Trinajstić information content (AvgIpc) is 2.08. The molecule has 0 bridgehead atoms. The van der Waals surface area contributed by atoms with Crippen molar-refractivity contribution in [2.75, 3.05) is 6.61 Å². The number of carbonyl (C=O) groups excluding carboxylic acids is 2. The first-order valence-corrected chi connectivity index (χ1v) is 5.97. The number of hydrogen-bond acceptors (Lipinski definition) is 4. The van der Waals surface area contributed by atoms with Crippen molar-refractivity contribution in [2.24, 2.45) is 0 Å². The molecule has 0 aromatic heterocycles. The van der Waals surface area contributed by atoms with Gasteiger partial charge in [-0.3, -0.25) is 0 Å². The van der Waals surface area contributed by atoms with Crippen LogP contribution in [0.1, 0.15) is 48.4 Å². The molecule has 1 rings (SSSR count). The molecule has 17 heavy (non-hydrogen) atoms. The normalized spacial score (nSPS) is 17.9. The highest BCUT2D eigenvalue weighted by Gasteiger charge is 2.47. The van der Waals surface area contributed by atoms with Crippen LogP contribution >= 0.6 is 0 Å². The summed E-state index contributed by atoms with van der Waals surface area (Å²) in [4.78, 5) is 23.4. The van der Waals surface area contributed by atoms with Gasteiger partial charge in [0.05, 0.1) is 6.61 Å². The number of alkyl carbamates (subject to hydrolysis) is 1. The molecule has 0 aliphatic heterocycles. The SMILES string of the molecule is CCOC(=O)C1(NC(=O)OC(C)(C)C)CCC1.[HH]. The zero-order valence-electron chi connectivity index (χ0n) is 11.0. The Kier molecular flexibility index (Phi) is 4.01. The van der Waals surface area contributed by atoms with Crippen LogP contribution in [0, 0.1) is 0 Å². The molecule has 1 aliphatic carbocycles. The highest BCUT2D eigenvalue weighted by Crippen LogP contribution is 2.33. The molecule has 0 heterocycles. The molecule has 100 valence electrons. The first-order valence-electron chi connectivity index (χ1n) is 5.97. The van der Waals surface area contributed by atoms with E-state index in [1.807, 2.05) is 0 Å². The van der Waals surface area contributed by atoms with Crippen molar-refractivity contribution >= 4 is 12.1 Å². The minimum Gasteiger partial charge on any atom is -0.464 e. The van der Waals surface area contributed by atoms with Crippen molar-refractivity contribution in [3.05, 3.63) is 0 Å². The molecular weight excluding hydrogens is 222 g/mol. The van der Waals surface area contributed by atoms with Crippen molar-refractivity contribution < 1.29 is 20.5 Å². The van der Waals surface area contributed by atoms with Crippen LogP contribution in [0.3, 0.4) is 0 Å². The lowest BCUT2D eigenvalue weighted by atomic mass is 9.77. The topological polar surface area (TPSA) is 64.6 Å². The Hall–Kier alpha value is -1.26. The Morgan fingerprint density at radius 1 is 1.35 bits per heavy atom. The van der Waals surface area contributed by atoms with Crippen molar-refractivity contribution in [1.82, 2.24) is 5.32 Å². The van der Waals surface area contributed by atoms with Gasteiger partial charge in [-0.15, -0.1) is 0 Å². The van der Waals surface area contributed by atoms with Gasteiger partial charge < -0.3 is 14.8 Å². The zero-order valence-corrected chi connectivity index (χ0v) is 11.0. The van der Waals surface area contributed by atoms with E-state index in [0.717, 1.165) is 6.42 Å². The minimum absolute atomic E-state index is 0. The first-order chi connectivity index (χ1) is 7.79. The number of hydrogen-bond donors (Lipinski definition) is 1. The van der Waals surface area contributed by atoms with Crippen LogP contribution in [0.2, 0.25) is 0 Å². The summed E-state index contributed by atoms with van der Waals surface area (Å²) in [5.41, 5.74) is -1.43. The molecule has 1 amide bonds. The average molecular weight is 245 g/mol. The largest absolute Gasteiger partial charge is 0.464 e. The van der Waals surface area contributed by atoms with Gasteiger partial charge in [0.2, 0.25) is 0 Å². The van der Waals surface area contributed by atoms with Crippen LogP contribution < -0.4 is 5.32 Å². The second-order valence-corrected chi connectivity index (χ2v) is 5.28. The van der Waals surface area contributed by atoms with E-state index in [1.54, 1.807) is 27.7 Å². The second-order valence-electron chi connectivity index (χ2n) is 5.28. The lowest BCUT2D eigenvalue weighted by Gasteiger charge is -2.39. The van der Waals surface area contributed by atoms with Gasteiger partial charge in [0, 0.05) is 1.43 Å². The van der Waals surface area contributed by atoms with Gasteiger partial charge in [-0.25, -0.2) is 9.59 Å². The van der Waals surface area contributed by atoms with Crippen molar-refractivity contribution in [3.8, 4) is 0 Å². The van der Waals surface area contributed by atoms with E-state index in [4.69, 9.17) is 9.47 Å². The van der Waals surface area contributed by atoms with E-state index in [0.29, 0.717) is 19.4 Å². The molecule has 0 aromatic carbocycles.